The van der Waals surface area contributed by atoms with E-state index in [2.05, 4.69) is 0 Å². The van der Waals surface area contributed by atoms with Gasteiger partial charge in [-0.3, -0.25) is 10.4 Å². The number of benzene rings is 2. The van der Waals surface area contributed by atoms with E-state index in [0.717, 1.165) is 5.56 Å². The number of rotatable bonds is 2. The number of phenolic OH excluding ortho intramolecular Hbond substituents is 1. The summed E-state index contributed by atoms with van der Waals surface area (Å²) in [6.07, 6.45) is 0. The molecule has 0 aliphatic rings. The average molecular weight is 232 g/mol. The van der Waals surface area contributed by atoms with Gasteiger partial charge in [-0.25, -0.2) is 0 Å². The third-order valence-corrected chi connectivity index (χ3v) is 2.38. The molecule has 0 aromatic heterocycles. The Kier molecular flexibility index (Phi) is 2.86. The van der Waals surface area contributed by atoms with Crippen LogP contribution in [0.15, 0.2) is 42.5 Å². The van der Waals surface area contributed by atoms with Crippen LogP contribution in [0.4, 0.5) is 5.69 Å². The summed E-state index contributed by atoms with van der Waals surface area (Å²) in [7, 11) is 0. The highest BCUT2D eigenvalue weighted by Crippen LogP contribution is 2.30. The molecule has 2 aromatic rings. The van der Waals surface area contributed by atoms with Crippen molar-refractivity contribution in [2.24, 2.45) is 0 Å². The quantitative estimate of drug-likeness (QED) is 0.686. The van der Waals surface area contributed by atoms with E-state index in [-0.39, 0.29) is 16.7 Å². The van der Waals surface area contributed by atoms with Gasteiger partial charge in [0, 0.05) is 0 Å². The molecule has 0 bridgehead atoms. The van der Waals surface area contributed by atoms with Crippen molar-refractivity contribution in [1.29, 1.82) is 0 Å². The average Bonchev–Trinajstić information content (AvgIpc) is 2.30. The molecule has 5 heteroatoms. The SMILES string of the molecule is [O-]c1ccc(-c2ccc(O)cc2)cc1N(O)O. The molecule has 0 radical (unpaired) electrons. The summed E-state index contributed by atoms with van der Waals surface area (Å²) in [5, 5.41) is 38.0. The number of hydrogen-bond donors (Lipinski definition) is 3. The Morgan fingerprint density at radius 3 is 2.06 bits per heavy atom. The number of nitrogens with zero attached hydrogens (tertiary/aromatic N) is 1. The van der Waals surface area contributed by atoms with Crippen molar-refractivity contribution in [3.05, 3.63) is 42.5 Å². The fourth-order valence-electron chi connectivity index (χ4n) is 1.51. The van der Waals surface area contributed by atoms with Crippen molar-refractivity contribution in [3.8, 4) is 22.6 Å². The van der Waals surface area contributed by atoms with E-state index in [1.807, 2.05) is 0 Å². The van der Waals surface area contributed by atoms with Crippen LogP contribution >= 0.6 is 0 Å². The summed E-state index contributed by atoms with van der Waals surface area (Å²) in [6.45, 7) is 0. The van der Waals surface area contributed by atoms with Gasteiger partial charge < -0.3 is 10.2 Å². The lowest BCUT2D eigenvalue weighted by Gasteiger charge is -2.18. The Bertz CT molecular complexity index is 523. The van der Waals surface area contributed by atoms with Gasteiger partial charge in [-0.1, -0.05) is 30.0 Å². The van der Waals surface area contributed by atoms with Gasteiger partial charge in [-0.15, -0.1) is 5.23 Å². The lowest BCUT2D eigenvalue weighted by Crippen LogP contribution is -2.13. The standard InChI is InChI=1S/C12H11NO4/c14-10-4-1-8(2-5-10)9-3-6-12(15)11(7-9)13(16)17/h1-7,14-17H/p-1. The van der Waals surface area contributed by atoms with Gasteiger partial charge in [0.1, 0.15) is 5.75 Å². The van der Waals surface area contributed by atoms with Crippen molar-refractivity contribution in [3.63, 3.8) is 0 Å². The molecule has 88 valence electrons. The second-order valence-corrected chi connectivity index (χ2v) is 3.52. The fourth-order valence-corrected chi connectivity index (χ4v) is 1.51. The molecule has 5 nitrogen and oxygen atoms in total. The fraction of sp³-hybridized carbons (Fsp3) is 0. The minimum Gasteiger partial charge on any atom is -0.871 e. The molecule has 0 heterocycles. The van der Waals surface area contributed by atoms with E-state index < -0.39 is 5.75 Å². The summed E-state index contributed by atoms with van der Waals surface area (Å²) in [5.41, 5.74) is 1.18. The van der Waals surface area contributed by atoms with Crippen LogP contribution in [0, 0.1) is 0 Å². The van der Waals surface area contributed by atoms with Crippen LogP contribution in [-0.2, 0) is 0 Å². The maximum absolute atomic E-state index is 11.3. The number of hydrogen-bond acceptors (Lipinski definition) is 5. The highest BCUT2D eigenvalue weighted by Gasteiger charge is 2.04. The van der Waals surface area contributed by atoms with E-state index in [4.69, 9.17) is 15.5 Å². The van der Waals surface area contributed by atoms with Gasteiger partial charge >= 0.3 is 0 Å². The summed E-state index contributed by atoms with van der Waals surface area (Å²) >= 11 is 0. The van der Waals surface area contributed by atoms with Crippen LogP contribution in [0.3, 0.4) is 0 Å². The minimum atomic E-state index is -0.488. The van der Waals surface area contributed by atoms with Crippen molar-refractivity contribution < 1.29 is 20.6 Å². The topological polar surface area (TPSA) is 87.0 Å². The summed E-state index contributed by atoms with van der Waals surface area (Å²) < 4.78 is 0. The predicted molar refractivity (Wildman–Crippen MR) is 59.0 cm³/mol. The van der Waals surface area contributed by atoms with Gasteiger partial charge in [0.15, 0.2) is 0 Å². The third-order valence-electron chi connectivity index (χ3n) is 2.38. The van der Waals surface area contributed by atoms with Crippen LogP contribution in [0.5, 0.6) is 11.5 Å². The summed E-state index contributed by atoms with van der Waals surface area (Å²) in [4.78, 5) is 0. The number of aromatic hydroxyl groups is 1. The Balaban J connectivity index is 2.46. The Morgan fingerprint density at radius 1 is 0.882 bits per heavy atom. The van der Waals surface area contributed by atoms with E-state index in [1.54, 1.807) is 18.2 Å². The predicted octanol–water partition coefficient (Wildman–Crippen LogP) is 1.72. The second-order valence-electron chi connectivity index (χ2n) is 3.52. The molecule has 0 amide bonds. The van der Waals surface area contributed by atoms with E-state index in [9.17, 15) is 5.11 Å². The van der Waals surface area contributed by atoms with Gasteiger partial charge in [-0.2, -0.15) is 0 Å². The minimum absolute atomic E-state index is 0.139. The Morgan fingerprint density at radius 2 is 1.47 bits per heavy atom. The lowest BCUT2D eigenvalue weighted by molar-refractivity contribution is -0.268. The highest BCUT2D eigenvalue weighted by molar-refractivity contribution is 5.71. The molecule has 0 spiro atoms. The zero-order valence-electron chi connectivity index (χ0n) is 8.74. The van der Waals surface area contributed by atoms with Crippen LogP contribution < -0.4 is 10.3 Å². The molecule has 0 saturated carbocycles. The lowest BCUT2D eigenvalue weighted by atomic mass is 10.0. The molecule has 3 N–H and O–H groups in total. The van der Waals surface area contributed by atoms with Gasteiger partial charge in [0.05, 0.1) is 5.69 Å². The monoisotopic (exact) mass is 232 g/mol. The Hall–Kier alpha value is -2.24. The van der Waals surface area contributed by atoms with Crippen molar-refractivity contribution in [2.45, 2.75) is 0 Å². The molecule has 17 heavy (non-hydrogen) atoms. The van der Waals surface area contributed by atoms with Crippen molar-refractivity contribution >= 4 is 5.69 Å². The maximum atomic E-state index is 11.3. The Labute approximate surface area is 97.3 Å². The normalized spacial score (nSPS) is 10.2. The molecule has 0 aliphatic carbocycles. The van der Waals surface area contributed by atoms with Crippen LogP contribution in [-0.4, -0.2) is 15.5 Å². The number of anilines is 1. The smallest absolute Gasteiger partial charge is 0.115 e. The highest BCUT2D eigenvalue weighted by atomic mass is 16.8. The largest absolute Gasteiger partial charge is 0.871 e. The van der Waals surface area contributed by atoms with E-state index in [0.29, 0.717) is 5.56 Å². The molecule has 0 saturated heterocycles. The van der Waals surface area contributed by atoms with E-state index in [1.165, 1.54) is 24.3 Å². The first-order valence-electron chi connectivity index (χ1n) is 4.86. The first kappa shape index (κ1) is 11.3. The molecule has 2 aromatic carbocycles. The van der Waals surface area contributed by atoms with Crippen LogP contribution in [0.1, 0.15) is 0 Å². The zero-order chi connectivity index (χ0) is 12.4. The molecule has 2 rings (SSSR count). The van der Waals surface area contributed by atoms with Gasteiger partial charge in [-0.05, 0) is 29.3 Å². The van der Waals surface area contributed by atoms with Crippen LogP contribution in [0.25, 0.3) is 11.1 Å². The first-order chi connectivity index (χ1) is 8.08. The second kappa shape index (κ2) is 4.32. The summed E-state index contributed by atoms with van der Waals surface area (Å²) in [6, 6.07) is 10.5. The van der Waals surface area contributed by atoms with Crippen molar-refractivity contribution in [1.82, 2.24) is 0 Å². The maximum Gasteiger partial charge on any atom is 0.115 e. The molecule has 0 atom stereocenters. The molecular formula is C12H10NO4-. The number of phenols is 1. The third kappa shape index (κ3) is 2.30. The summed E-state index contributed by atoms with van der Waals surface area (Å²) in [5.74, 6) is -0.349. The molecule has 0 aliphatic heterocycles. The molecular weight excluding hydrogens is 222 g/mol. The molecule has 0 unspecified atom stereocenters. The van der Waals surface area contributed by atoms with E-state index >= 15 is 0 Å². The van der Waals surface area contributed by atoms with Crippen LogP contribution in [0.2, 0.25) is 0 Å². The molecule has 0 fully saturated rings. The first-order valence-corrected chi connectivity index (χ1v) is 4.86. The van der Waals surface area contributed by atoms with Crippen molar-refractivity contribution in [2.75, 3.05) is 5.23 Å². The van der Waals surface area contributed by atoms with Gasteiger partial charge in [0.25, 0.3) is 0 Å². The zero-order valence-corrected chi connectivity index (χ0v) is 8.74. The van der Waals surface area contributed by atoms with Gasteiger partial charge in [0.2, 0.25) is 0 Å².